The van der Waals surface area contributed by atoms with Crippen LogP contribution in [0.1, 0.15) is 11.3 Å². The molecule has 4 rings (SSSR count). The average molecular weight is 401 g/mol. The molecule has 0 unspecified atom stereocenters. The Balaban J connectivity index is 1.80. The zero-order chi connectivity index (χ0) is 18.8. The molecule has 2 aromatic carbocycles. The van der Waals surface area contributed by atoms with Crippen molar-refractivity contribution in [2.75, 3.05) is 12.9 Å². The third-order valence-electron chi connectivity index (χ3n) is 4.25. The molecular formula is C20H17FN2O2S2. The lowest BCUT2D eigenvalue weighted by Crippen LogP contribution is -2.24. The van der Waals surface area contributed by atoms with E-state index < -0.39 is 0 Å². The third-order valence-corrected chi connectivity index (χ3v) is 6.37. The summed E-state index contributed by atoms with van der Waals surface area (Å²) in [5, 5.41) is 0.593. The van der Waals surface area contributed by atoms with Gasteiger partial charge in [-0.1, -0.05) is 36.0 Å². The van der Waals surface area contributed by atoms with E-state index in [-0.39, 0.29) is 11.4 Å². The maximum atomic E-state index is 13.5. The van der Waals surface area contributed by atoms with Gasteiger partial charge in [-0.3, -0.25) is 9.36 Å². The van der Waals surface area contributed by atoms with E-state index in [4.69, 9.17) is 9.72 Å². The molecule has 0 saturated carbocycles. The predicted octanol–water partition coefficient (Wildman–Crippen LogP) is 4.32. The number of rotatable bonds is 5. The van der Waals surface area contributed by atoms with Gasteiger partial charge >= 0.3 is 0 Å². The number of aryl methyl sites for hydroxylation is 1. The van der Waals surface area contributed by atoms with Gasteiger partial charge in [-0.15, -0.1) is 11.8 Å². The number of para-hydroxylation sites is 2. The van der Waals surface area contributed by atoms with Crippen molar-refractivity contribution in [1.82, 2.24) is 9.55 Å². The summed E-state index contributed by atoms with van der Waals surface area (Å²) in [4.78, 5) is 18.7. The van der Waals surface area contributed by atoms with Gasteiger partial charge in [0.2, 0.25) is 0 Å². The fraction of sp³-hybridized carbons (Fsp3) is 0.200. The topological polar surface area (TPSA) is 44.1 Å². The molecule has 0 spiro atoms. The van der Waals surface area contributed by atoms with E-state index in [9.17, 15) is 9.18 Å². The lowest BCUT2D eigenvalue weighted by molar-refractivity contribution is 0.411. The molecular weight excluding hydrogens is 383 g/mol. The number of methoxy groups -OCH3 is 1. The highest BCUT2D eigenvalue weighted by Crippen LogP contribution is 2.33. The van der Waals surface area contributed by atoms with Crippen LogP contribution in [0.2, 0.25) is 0 Å². The first-order valence-corrected chi connectivity index (χ1v) is 10.4. The highest BCUT2D eigenvalue weighted by atomic mass is 32.2. The molecule has 27 heavy (non-hydrogen) atoms. The molecule has 4 nitrogen and oxygen atoms in total. The number of halogens is 1. The predicted molar refractivity (Wildman–Crippen MR) is 107 cm³/mol. The quantitative estimate of drug-likeness (QED) is 0.471. The van der Waals surface area contributed by atoms with Gasteiger partial charge in [0, 0.05) is 17.9 Å². The first-order valence-electron chi connectivity index (χ1n) is 8.46. The highest BCUT2D eigenvalue weighted by molar-refractivity contribution is 7.99. The first kappa shape index (κ1) is 18.1. The Morgan fingerprint density at radius 3 is 2.93 bits per heavy atom. The van der Waals surface area contributed by atoms with Crippen LogP contribution < -0.4 is 10.3 Å². The second-order valence-corrected chi connectivity index (χ2v) is 8.05. The van der Waals surface area contributed by atoms with E-state index in [0.29, 0.717) is 27.2 Å². The summed E-state index contributed by atoms with van der Waals surface area (Å²) in [6.45, 7) is 0. The van der Waals surface area contributed by atoms with Crippen molar-refractivity contribution in [1.29, 1.82) is 0 Å². The van der Waals surface area contributed by atoms with E-state index in [2.05, 4.69) is 0 Å². The zero-order valence-corrected chi connectivity index (χ0v) is 16.3. The highest BCUT2D eigenvalue weighted by Gasteiger charge is 2.23. The van der Waals surface area contributed by atoms with Crippen molar-refractivity contribution in [3.05, 3.63) is 76.0 Å². The third kappa shape index (κ3) is 3.61. The number of ether oxygens (including phenoxy) is 1. The van der Waals surface area contributed by atoms with Gasteiger partial charge in [0.05, 0.1) is 23.4 Å². The Kier molecular flexibility index (Phi) is 5.22. The Morgan fingerprint density at radius 2 is 2.11 bits per heavy atom. The maximum absolute atomic E-state index is 13.5. The Bertz CT molecular complexity index is 1050. The second kappa shape index (κ2) is 7.78. The average Bonchev–Trinajstić information content (AvgIpc) is 3.15. The summed E-state index contributed by atoms with van der Waals surface area (Å²) in [6.07, 6.45) is 0.787. The lowest BCUT2D eigenvalue weighted by atomic mass is 10.2. The molecule has 0 amide bonds. The van der Waals surface area contributed by atoms with Crippen LogP contribution in [0.4, 0.5) is 4.39 Å². The van der Waals surface area contributed by atoms with Crippen molar-refractivity contribution >= 4 is 23.5 Å². The molecule has 1 aromatic heterocycles. The monoisotopic (exact) mass is 400 g/mol. The molecule has 0 radical (unpaired) electrons. The van der Waals surface area contributed by atoms with Gasteiger partial charge in [-0.25, -0.2) is 9.37 Å². The molecule has 0 saturated heterocycles. The summed E-state index contributed by atoms with van der Waals surface area (Å²) in [5.41, 5.74) is 2.27. The molecule has 3 aromatic rings. The Labute approximate surface area is 164 Å². The van der Waals surface area contributed by atoms with Crippen LogP contribution in [0.3, 0.4) is 0 Å². The van der Waals surface area contributed by atoms with Crippen molar-refractivity contribution in [2.45, 2.75) is 22.2 Å². The molecule has 1 aliphatic rings. The molecule has 0 fully saturated rings. The Hall–Kier alpha value is -2.25. The maximum Gasteiger partial charge on any atom is 0.272 e. The summed E-state index contributed by atoms with van der Waals surface area (Å²) in [5.74, 6) is 1.72. The lowest BCUT2D eigenvalue weighted by Gasteiger charge is -2.16. The number of benzene rings is 2. The normalized spacial score (nSPS) is 12.8. The Morgan fingerprint density at radius 1 is 1.26 bits per heavy atom. The van der Waals surface area contributed by atoms with Gasteiger partial charge in [0.1, 0.15) is 11.6 Å². The first-order chi connectivity index (χ1) is 13.2. The molecule has 0 atom stereocenters. The van der Waals surface area contributed by atoms with E-state index >= 15 is 0 Å². The van der Waals surface area contributed by atoms with Gasteiger partial charge in [0.15, 0.2) is 5.16 Å². The number of thioether (sulfide) groups is 2. The molecule has 1 aliphatic heterocycles. The van der Waals surface area contributed by atoms with Gasteiger partial charge in [-0.05, 0) is 29.8 Å². The van der Waals surface area contributed by atoms with E-state index in [1.165, 1.54) is 23.9 Å². The number of hydrogen-bond acceptors (Lipinski definition) is 5. The second-order valence-electron chi connectivity index (χ2n) is 6.00. The van der Waals surface area contributed by atoms with E-state index in [1.807, 2.05) is 30.3 Å². The zero-order valence-electron chi connectivity index (χ0n) is 14.6. The molecule has 0 N–H and O–H groups in total. The molecule has 2 heterocycles. The van der Waals surface area contributed by atoms with Crippen LogP contribution in [0.25, 0.3) is 5.69 Å². The standard InChI is InChI=1S/C20H17FN2O2S2/c1-25-17-8-3-2-7-16(17)23-19(24)18-15(9-10-26-18)22-20(23)27-12-13-5-4-6-14(21)11-13/h2-8,11H,9-10,12H2,1H3. The summed E-state index contributed by atoms with van der Waals surface area (Å²) in [6, 6.07) is 13.9. The number of aromatic nitrogens is 2. The number of hydrogen-bond donors (Lipinski definition) is 0. The SMILES string of the molecule is COc1ccccc1-n1c(SCc2cccc(F)c2)nc2c(c1=O)SCC2. The minimum Gasteiger partial charge on any atom is -0.495 e. The van der Waals surface area contributed by atoms with E-state index in [0.717, 1.165) is 23.4 Å². The van der Waals surface area contributed by atoms with Crippen LogP contribution in [0.15, 0.2) is 63.4 Å². The molecule has 7 heteroatoms. The van der Waals surface area contributed by atoms with E-state index in [1.54, 1.807) is 29.5 Å². The van der Waals surface area contributed by atoms with Crippen LogP contribution >= 0.6 is 23.5 Å². The number of nitrogens with zero attached hydrogens (tertiary/aromatic N) is 2. The van der Waals surface area contributed by atoms with Gasteiger partial charge in [0.25, 0.3) is 5.56 Å². The molecule has 0 aliphatic carbocycles. The fourth-order valence-electron chi connectivity index (χ4n) is 2.99. The summed E-state index contributed by atoms with van der Waals surface area (Å²) < 4.78 is 20.5. The minimum absolute atomic E-state index is 0.0752. The van der Waals surface area contributed by atoms with Crippen molar-refractivity contribution in [3.63, 3.8) is 0 Å². The smallest absolute Gasteiger partial charge is 0.272 e. The van der Waals surface area contributed by atoms with Gasteiger partial charge < -0.3 is 4.74 Å². The number of fused-ring (bicyclic) bond motifs is 1. The minimum atomic E-state index is -0.270. The van der Waals surface area contributed by atoms with Crippen molar-refractivity contribution in [3.8, 4) is 11.4 Å². The molecule has 0 bridgehead atoms. The van der Waals surface area contributed by atoms with Crippen LogP contribution in [-0.2, 0) is 12.2 Å². The van der Waals surface area contributed by atoms with Crippen molar-refractivity contribution in [2.24, 2.45) is 0 Å². The van der Waals surface area contributed by atoms with Crippen LogP contribution in [0, 0.1) is 5.82 Å². The van der Waals surface area contributed by atoms with Crippen LogP contribution in [0.5, 0.6) is 5.75 Å². The largest absolute Gasteiger partial charge is 0.495 e. The molecule has 138 valence electrons. The summed E-state index contributed by atoms with van der Waals surface area (Å²) >= 11 is 2.97. The van der Waals surface area contributed by atoms with Gasteiger partial charge in [-0.2, -0.15) is 0 Å². The van der Waals surface area contributed by atoms with Crippen molar-refractivity contribution < 1.29 is 9.13 Å². The summed E-state index contributed by atoms with van der Waals surface area (Å²) in [7, 11) is 1.58. The fourth-order valence-corrected chi connectivity index (χ4v) is 4.98. The van der Waals surface area contributed by atoms with Crippen LogP contribution in [-0.4, -0.2) is 22.4 Å².